The molecule has 6 nitrogen and oxygen atoms in total. The molecule has 3 aromatic rings. The van der Waals surface area contributed by atoms with Gasteiger partial charge < -0.3 is 9.73 Å². The summed E-state index contributed by atoms with van der Waals surface area (Å²) in [6.45, 7) is 5.18. The van der Waals surface area contributed by atoms with Crippen LogP contribution in [0.4, 0.5) is 5.69 Å². The summed E-state index contributed by atoms with van der Waals surface area (Å²) in [5.74, 6) is 0.189. The van der Waals surface area contributed by atoms with Gasteiger partial charge in [0.1, 0.15) is 5.58 Å². The lowest BCUT2D eigenvalue weighted by molar-refractivity contribution is -0.115. The van der Waals surface area contributed by atoms with Crippen LogP contribution in [0.5, 0.6) is 0 Å². The van der Waals surface area contributed by atoms with Crippen LogP contribution in [0, 0.1) is 12.8 Å². The summed E-state index contributed by atoms with van der Waals surface area (Å²) in [6.07, 6.45) is 3.74. The van der Waals surface area contributed by atoms with Gasteiger partial charge >= 0.3 is 0 Å². The standard InChI is InChI=1S/C23H26N2O4S/c1-16-5-10-22-21(12-16)18(15-29-22)13-23(26)24-19-6-8-20(9-7-19)30(27,28)25-11-3-4-17(2)14-25/h5-10,12,15,17H,3-4,11,13-14H2,1-2H3,(H,24,26)/t17-/m1/s1. The number of nitrogens with one attached hydrogen (secondary N) is 1. The van der Waals surface area contributed by atoms with Crippen LogP contribution in [-0.2, 0) is 21.2 Å². The lowest BCUT2D eigenvalue weighted by Gasteiger charge is -2.30. The van der Waals surface area contributed by atoms with E-state index < -0.39 is 10.0 Å². The Labute approximate surface area is 176 Å². The van der Waals surface area contributed by atoms with Gasteiger partial charge in [-0.15, -0.1) is 0 Å². The van der Waals surface area contributed by atoms with Gasteiger partial charge in [0.15, 0.2) is 0 Å². The number of hydrogen-bond acceptors (Lipinski definition) is 4. The van der Waals surface area contributed by atoms with E-state index >= 15 is 0 Å². The van der Waals surface area contributed by atoms with Crippen molar-refractivity contribution in [2.75, 3.05) is 18.4 Å². The molecule has 4 rings (SSSR count). The monoisotopic (exact) mass is 426 g/mol. The minimum Gasteiger partial charge on any atom is -0.464 e. The molecule has 0 bridgehead atoms. The Kier molecular flexibility index (Phi) is 5.66. The normalized spacial score (nSPS) is 17.9. The molecule has 158 valence electrons. The maximum Gasteiger partial charge on any atom is 0.243 e. The second-order valence-corrected chi connectivity index (χ2v) is 10.1. The van der Waals surface area contributed by atoms with Crippen LogP contribution < -0.4 is 5.32 Å². The zero-order chi connectivity index (χ0) is 21.3. The summed E-state index contributed by atoms with van der Waals surface area (Å²) >= 11 is 0. The third kappa shape index (κ3) is 4.27. The number of rotatable bonds is 5. The van der Waals surface area contributed by atoms with Crippen LogP contribution in [0.1, 0.15) is 30.9 Å². The van der Waals surface area contributed by atoms with E-state index in [2.05, 4.69) is 12.2 Å². The number of hydrogen-bond donors (Lipinski definition) is 1. The van der Waals surface area contributed by atoms with Crippen molar-refractivity contribution in [2.45, 2.75) is 38.0 Å². The summed E-state index contributed by atoms with van der Waals surface area (Å²) in [5.41, 5.74) is 3.25. The fourth-order valence-corrected chi connectivity index (χ4v) is 5.53. The first kappa shape index (κ1) is 20.6. The van der Waals surface area contributed by atoms with Crippen LogP contribution in [0.25, 0.3) is 11.0 Å². The van der Waals surface area contributed by atoms with Crippen LogP contribution in [0.3, 0.4) is 0 Å². The molecular weight excluding hydrogens is 400 g/mol. The predicted molar refractivity (Wildman–Crippen MR) is 117 cm³/mol. The molecule has 1 aromatic heterocycles. The summed E-state index contributed by atoms with van der Waals surface area (Å²) in [6, 6.07) is 12.2. The van der Waals surface area contributed by atoms with Crippen molar-refractivity contribution in [3.05, 3.63) is 59.9 Å². The van der Waals surface area contributed by atoms with Crippen LogP contribution in [-0.4, -0.2) is 31.7 Å². The molecule has 1 saturated heterocycles. The molecule has 0 unspecified atom stereocenters. The van der Waals surface area contributed by atoms with Gasteiger partial charge in [0, 0.05) is 29.7 Å². The van der Waals surface area contributed by atoms with E-state index in [1.165, 1.54) is 0 Å². The van der Waals surface area contributed by atoms with Gasteiger partial charge in [-0.05, 0) is 62.1 Å². The molecule has 0 aliphatic carbocycles. The molecule has 30 heavy (non-hydrogen) atoms. The largest absolute Gasteiger partial charge is 0.464 e. The zero-order valence-electron chi connectivity index (χ0n) is 17.2. The number of piperidine rings is 1. The van der Waals surface area contributed by atoms with E-state index in [-0.39, 0.29) is 17.2 Å². The van der Waals surface area contributed by atoms with E-state index in [1.54, 1.807) is 34.8 Å². The minimum atomic E-state index is -3.50. The number of anilines is 1. The molecule has 2 aromatic carbocycles. The Morgan fingerprint density at radius 3 is 2.70 bits per heavy atom. The third-order valence-corrected chi connectivity index (χ3v) is 7.44. The van der Waals surface area contributed by atoms with Crippen molar-refractivity contribution in [1.29, 1.82) is 0 Å². The van der Waals surface area contributed by atoms with E-state index in [9.17, 15) is 13.2 Å². The molecule has 7 heteroatoms. The first-order chi connectivity index (χ1) is 14.3. The maximum absolute atomic E-state index is 12.9. The quantitative estimate of drug-likeness (QED) is 0.658. The smallest absolute Gasteiger partial charge is 0.243 e. The summed E-state index contributed by atoms with van der Waals surface area (Å²) < 4.78 is 32.8. The van der Waals surface area contributed by atoms with E-state index in [4.69, 9.17) is 4.42 Å². The minimum absolute atomic E-state index is 0.181. The van der Waals surface area contributed by atoms with Gasteiger partial charge in [-0.1, -0.05) is 18.6 Å². The highest BCUT2D eigenvalue weighted by molar-refractivity contribution is 7.89. The van der Waals surface area contributed by atoms with Gasteiger partial charge in [-0.3, -0.25) is 4.79 Å². The molecule has 1 fully saturated rings. The first-order valence-corrected chi connectivity index (χ1v) is 11.6. The van der Waals surface area contributed by atoms with Crippen molar-refractivity contribution >= 4 is 32.6 Å². The van der Waals surface area contributed by atoms with Gasteiger partial charge in [0.05, 0.1) is 17.6 Å². The zero-order valence-corrected chi connectivity index (χ0v) is 18.0. The third-order valence-electron chi connectivity index (χ3n) is 5.56. The number of benzene rings is 2. The average molecular weight is 427 g/mol. The van der Waals surface area contributed by atoms with Gasteiger partial charge in [-0.25, -0.2) is 8.42 Å². The van der Waals surface area contributed by atoms with Crippen molar-refractivity contribution in [3.8, 4) is 0 Å². The molecule has 1 atom stereocenters. The number of carbonyl (C=O) groups excluding carboxylic acids is 1. The number of amides is 1. The summed E-state index contributed by atoms with van der Waals surface area (Å²) in [7, 11) is -3.50. The van der Waals surface area contributed by atoms with E-state index in [0.29, 0.717) is 24.7 Å². The highest BCUT2D eigenvalue weighted by Gasteiger charge is 2.28. The Bertz CT molecular complexity index is 1170. The van der Waals surface area contributed by atoms with Gasteiger partial charge in [0.25, 0.3) is 0 Å². The molecule has 0 spiro atoms. The molecule has 1 aliphatic heterocycles. The Hall–Kier alpha value is -2.64. The number of furan rings is 1. The summed E-state index contributed by atoms with van der Waals surface area (Å²) in [4.78, 5) is 12.7. The molecule has 1 N–H and O–H groups in total. The van der Waals surface area contributed by atoms with Gasteiger partial charge in [0.2, 0.25) is 15.9 Å². The van der Waals surface area contributed by atoms with Crippen molar-refractivity contribution in [3.63, 3.8) is 0 Å². The highest BCUT2D eigenvalue weighted by atomic mass is 32.2. The fraction of sp³-hybridized carbons (Fsp3) is 0.348. The van der Waals surface area contributed by atoms with Crippen molar-refractivity contribution < 1.29 is 17.6 Å². The highest BCUT2D eigenvalue weighted by Crippen LogP contribution is 2.25. The Morgan fingerprint density at radius 2 is 1.97 bits per heavy atom. The maximum atomic E-state index is 12.9. The Balaban J connectivity index is 1.44. The Morgan fingerprint density at radius 1 is 1.20 bits per heavy atom. The lowest BCUT2D eigenvalue weighted by Crippen LogP contribution is -2.39. The topological polar surface area (TPSA) is 79.6 Å². The average Bonchev–Trinajstić information content (AvgIpc) is 3.10. The summed E-state index contributed by atoms with van der Waals surface area (Å²) in [5, 5.41) is 3.77. The number of fused-ring (bicyclic) bond motifs is 1. The molecule has 1 amide bonds. The van der Waals surface area contributed by atoms with Crippen LogP contribution in [0.2, 0.25) is 0 Å². The fourth-order valence-electron chi connectivity index (χ4n) is 3.93. The van der Waals surface area contributed by atoms with Gasteiger partial charge in [-0.2, -0.15) is 4.31 Å². The van der Waals surface area contributed by atoms with Crippen molar-refractivity contribution in [2.24, 2.45) is 5.92 Å². The SMILES string of the molecule is Cc1ccc2occ(CC(=O)Nc3ccc(S(=O)(=O)N4CCC[C@@H](C)C4)cc3)c2c1. The van der Waals surface area contributed by atoms with E-state index in [0.717, 1.165) is 34.9 Å². The number of carbonyl (C=O) groups is 1. The van der Waals surface area contributed by atoms with E-state index in [1.807, 2.05) is 25.1 Å². The molecule has 0 saturated carbocycles. The van der Waals surface area contributed by atoms with Crippen LogP contribution in [0.15, 0.2) is 58.0 Å². The second kappa shape index (κ2) is 8.24. The number of aryl methyl sites for hydroxylation is 1. The molecule has 0 radical (unpaired) electrons. The number of nitrogens with zero attached hydrogens (tertiary/aromatic N) is 1. The predicted octanol–water partition coefficient (Wildman–Crippen LogP) is 4.34. The first-order valence-electron chi connectivity index (χ1n) is 10.2. The lowest BCUT2D eigenvalue weighted by atomic mass is 10.0. The second-order valence-electron chi connectivity index (χ2n) is 8.12. The molecule has 2 heterocycles. The molecule has 1 aliphatic rings. The van der Waals surface area contributed by atoms with Crippen LogP contribution >= 0.6 is 0 Å². The van der Waals surface area contributed by atoms with Crippen molar-refractivity contribution in [1.82, 2.24) is 4.31 Å². The molecular formula is C23H26N2O4S. The number of sulfonamides is 1.